The van der Waals surface area contributed by atoms with Crippen LogP contribution in [-0.2, 0) is 14.3 Å². The number of nitrogens with zero attached hydrogens (tertiary/aromatic N) is 1. The highest BCUT2D eigenvalue weighted by Crippen LogP contribution is 2.12. The maximum atomic E-state index is 12.5. The summed E-state index contributed by atoms with van der Waals surface area (Å²) in [4.78, 5) is 38.2. The molecule has 0 aliphatic heterocycles. The van der Waals surface area contributed by atoms with E-state index in [9.17, 15) is 14.4 Å². The van der Waals surface area contributed by atoms with Gasteiger partial charge in [0.15, 0.2) is 6.10 Å². The number of carbonyl (C=O) groups excluding carboxylic acids is 3. The number of benzene rings is 1. The lowest BCUT2D eigenvalue weighted by Crippen LogP contribution is -2.48. The fraction of sp³-hybridized carbons (Fsp3) is 0.550. The van der Waals surface area contributed by atoms with E-state index in [0.717, 1.165) is 0 Å². The van der Waals surface area contributed by atoms with Crippen molar-refractivity contribution in [3.63, 3.8) is 0 Å². The van der Waals surface area contributed by atoms with E-state index in [1.807, 2.05) is 34.6 Å². The van der Waals surface area contributed by atoms with Gasteiger partial charge in [0.05, 0.1) is 6.61 Å². The Hall–Kier alpha value is -2.57. The summed E-state index contributed by atoms with van der Waals surface area (Å²) in [6, 6.07) is 6.59. The molecule has 1 aromatic carbocycles. The van der Waals surface area contributed by atoms with E-state index >= 15 is 0 Å². The van der Waals surface area contributed by atoms with Crippen LogP contribution < -0.4 is 10.1 Å². The van der Waals surface area contributed by atoms with Crippen LogP contribution in [-0.4, -0.2) is 54.0 Å². The van der Waals surface area contributed by atoms with E-state index in [0.29, 0.717) is 17.9 Å². The number of nitrogens with one attached hydrogen (secondary N) is 1. The normalized spacial score (nSPS) is 11.9. The first-order valence-corrected chi connectivity index (χ1v) is 9.20. The zero-order valence-corrected chi connectivity index (χ0v) is 16.9. The Morgan fingerprint density at radius 1 is 1.00 bits per heavy atom. The summed E-state index contributed by atoms with van der Waals surface area (Å²) in [5.41, 5.74) is 0.404. The SMILES string of the molecule is CCOc1ccc(C(=O)NCC(=O)O[C@@H](C)C(=O)N(C(C)C)C(C)C)cc1. The number of amides is 2. The smallest absolute Gasteiger partial charge is 0.326 e. The van der Waals surface area contributed by atoms with Crippen LogP contribution in [0, 0.1) is 0 Å². The van der Waals surface area contributed by atoms with Gasteiger partial charge in [0, 0.05) is 17.6 Å². The largest absolute Gasteiger partial charge is 0.494 e. The van der Waals surface area contributed by atoms with Crippen LogP contribution in [0.1, 0.15) is 51.9 Å². The second-order valence-electron chi connectivity index (χ2n) is 6.71. The number of carbonyl (C=O) groups is 3. The second-order valence-corrected chi connectivity index (χ2v) is 6.71. The monoisotopic (exact) mass is 378 g/mol. The molecule has 1 N–H and O–H groups in total. The maximum Gasteiger partial charge on any atom is 0.326 e. The second kappa shape index (κ2) is 10.5. The number of hydrogen-bond donors (Lipinski definition) is 1. The van der Waals surface area contributed by atoms with Crippen molar-refractivity contribution in [2.24, 2.45) is 0 Å². The van der Waals surface area contributed by atoms with Crippen molar-refractivity contribution in [3.8, 4) is 5.75 Å². The third kappa shape index (κ3) is 6.92. The van der Waals surface area contributed by atoms with Gasteiger partial charge in [0.25, 0.3) is 11.8 Å². The Morgan fingerprint density at radius 3 is 2.04 bits per heavy atom. The molecular weight excluding hydrogens is 348 g/mol. The van der Waals surface area contributed by atoms with Crippen LogP contribution in [0.2, 0.25) is 0 Å². The Labute approximate surface area is 161 Å². The van der Waals surface area contributed by atoms with Crippen molar-refractivity contribution in [1.29, 1.82) is 0 Å². The quantitative estimate of drug-likeness (QED) is 0.667. The molecule has 0 fully saturated rings. The minimum absolute atomic E-state index is 0.00184. The lowest BCUT2D eigenvalue weighted by atomic mass is 10.2. The number of ether oxygens (including phenoxy) is 2. The Bertz CT molecular complexity index is 632. The average molecular weight is 378 g/mol. The summed E-state index contributed by atoms with van der Waals surface area (Å²) in [5.74, 6) is -0.658. The molecule has 0 heterocycles. The molecule has 0 saturated carbocycles. The molecule has 0 unspecified atom stereocenters. The Morgan fingerprint density at radius 2 is 1.56 bits per heavy atom. The van der Waals surface area contributed by atoms with Gasteiger partial charge in [-0.2, -0.15) is 0 Å². The molecule has 1 atom stereocenters. The third-order valence-electron chi connectivity index (χ3n) is 3.84. The van der Waals surface area contributed by atoms with Gasteiger partial charge < -0.3 is 19.7 Å². The van der Waals surface area contributed by atoms with E-state index in [-0.39, 0.29) is 24.5 Å². The number of esters is 1. The van der Waals surface area contributed by atoms with Crippen LogP contribution in [0.15, 0.2) is 24.3 Å². The molecule has 27 heavy (non-hydrogen) atoms. The van der Waals surface area contributed by atoms with Crippen LogP contribution >= 0.6 is 0 Å². The molecular formula is C20H30N2O5. The molecule has 0 aromatic heterocycles. The van der Waals surface area contributed by atoms with E-state index < -0.39 is 18.0 Å². The first kappa shape index (κ1) is 22.5. The van der Waals surface area contributed by atoms with Crippen molar-refractivity contribution in [3.05, 3.63) is 29.8 Å². The highest BCUT2D eigenvalue weighted by Gasteiger charge is 2.27. The summed E-state index contributed by atoms with van der Waals surface area (Å²) in [7, 11) is 0. The van der Waals surface area contributed by atoms with Crippen molar-refractivity contribution in [1.82, 2.24) is 10.2 Å². The Balaban J connectivity index is 2.54. The van der Waals surface area contributed by atoms with Gasteiger partial charge in [0.1, 0.15) is 12.3 Å². The first-order chi connectivity index (χ1) is 12.7. The molecule has 0 radical (unpaired) electrons. The molecule has 7 heteroatoms. The van der Waals surface area contributed by atoms with Gasteiger partial charge >= 0.3 is 5.97 Å². The van der Waals surface area contributed by atoms with Crippen LogP contribution in [0.3, 0.4) is 0 Å². The summed E-state index contributed by atoms with van der Waals surface area (Å²) >= 11 is 0. The van der Waals surface area contributed by atoms with Crippen molar-refractivity contribution in [2.45, 2.75) is 59.7 Å². The van der Waals surface area contributed by atoms with Crippen molar-refractivity contribution < 1.29 is 23.9 Å². The minimum Gasteiger partial charge on any atom is -0.494 e. The highest BCUT2D eigenvalue weighted by atomic mass is 16.5. The summed E-state index contributed by atoms with van der Waals surface area (Å²) < 4.78 is 10.5. The zero-order valence-electron chi connectivity index (χ0n) is 16.9. The zero-order chi connectivity index (χ0) is 20.6. The molecule has 1 aromatic rings. The first-order valence-electron chi connectivity index (χ1n) is 9.20. The topological polar surface area (TPSA) is 84.9 Å². The van der Waals surface area contributed by atoms with Gasteiger partial charge in [-0.3, -0.25) is 14.4 Å². The molecule has 0 aliphatic rings. The molecule has 0 bridgehead atoms. The summed E-state index contributed by atoms with van der Waals surface area (Å²) in [6.07, 6.45) is -0.912. The fourth-order valence-corrected chi connectivity index (χ4v) is 2.73. The van der Waals surface area contributed by atoms with Crippen LogP contribution in [0.5, 0.6) is 5.75 Å². The van der Waals surface area contributed by atoms with Crippen LogP contribution in [0.25, 0.3) is 0 Å². The van der Waals surface area contributed by atoms with Gasteiger partial charge in [0.2, 0.25) is 0 Å². The molecule has 2 amide bonds. The molecule has 7 nitrogen and oxygen atoms in total. The van der Waals surface area contributed by atoms with Gasteiger partial charge in [-0.25, -0.2) is 0 Å². The van der Waals surface area contributed by atoms with Crippen LogP contribution in [0.4, 0.5) is 0 Å². The van der Waals surface area contributed by atoms with Gasteiger partial charge in [-0.15, -0.1) is 0 Å². The number of hydrogen-bond acceptors (Lipinski definition) is 5. The summed E-state index contributed by atoms with van der Waals surface area (Å²) in [6.45, 7) is 11.3. The Kier molecular flexibility index (Phi) is 8.78. The van der Waals surface area contributed by atoms with E-state index in [2.05, 4.69) is 5.32 Å². The standard InChI is InChI=1S/C20H30N2O5/c1-7-26-17-10-8-16(9-11-17)19(24)21-12-18(23)27-15(6)20(25)22(13(2)3)14(4)5/h8-11,13-15H,7,12H2,1-6H3,(H,21,24)/t15-/m0/s1. The van der Waals surface area contributed by atoms with E-state index in [1.165, 1.54) is 6.92 Å². The lowest BCUT2D eigenvalue weighted by molar-refractivity contribution is -0.160. The molecule has 1 rings (SSSR count). The predicted octanol–water partition coefficient (Wildman–Crippen LogP) is 2.39. The minimum atomic E-state index is -0.912. The summed E-state index contributed by atoms with van der Waals surface area (Å²) in [5, 5.41) is 2.49. The van der Waals surface area contributed by atoms with Gasteiger partial charge in [-0.05, 0) is 65.8 Å². The average Bonchev–Trinajstić information content (AvgIpc) is 2.59. The highest BCUT2D eigenvalue weighted by molar-refractivity contribution is 5.96. The molecule has 150 valence electrons. The molecule has 0 spiro atoms. The molecule has 0 aliphatic carbocycles. The fourth-order valence-electron chi connectivity index (χ4n) is 2.73. The van der Waals surface area contributed by atoms with E-state index in [1.54, 1.807) is 29.2 Å². The number of rotatable bonds is 9. The van der Waals surface area contributed by atoms with Crippen molar-refractivity contribution >= 4 is 17.8 Å². The van der Waals surface area contributed by atoms with Gasteiger partial charge in [-0.1, -0.05) is 0 Å². The predicted molar refractivity (Wildman–Crippen MR) is 103 cm³/mol. The third-order valence-corrected chi connectivity index (χ3v) is 3.84. The van der Waals surface area contributed by atoms with E-state index in [4.69, 9.17) is 9.47 Å². The lowest BCUT2D eigenvalue weighted by Gasteiger charge is -2.32. The van der Waals surface area contributed by atoms with Crippen molar-refractivity contribution in [2.75, 3.05) is 13.2 Å². The molecule has 0 saturated heterocycles. The maximum absolute atomic E-state index is 12.5.